The molecule has 0 aliphatic heterocycles. The molecule has 0 aliphatic carbocycles. The van der Waals surface area contributed by atoms with Crippen LogP contribution < -0.4 is 14.3 Å². The van der Waals surface area contributed by atoms with Crippen molar-refractivity contribution in [1.29, 1.82) is 0 Å². The van der Waals surface area contributed by atoms with E-state index in [9.17, 15) is 9.18 Å². The van der Waals surface area contributed by atoms with Gasteiger partial charge in [0.25, 0.3) is 5.91 Å². The number of fused-ring (bicyclic) bond motifs is 1. The first-order valence-corrected chi connectivity index (χ1v) is 9.57. The first-order valence-electron chi connectivity index (χ1n) is 8.75. The number of hydrogen-bond acceptors (Lipinski definition) is 5. The third-order valence-corrected chi connectivity index (χ3v) is 5.18. The van der Waals surface area contributed by atoms with Crippen LogP contribution in [0, 0.1) is 5.82 Å². The molecular weight excluding hydrogens is 383 g/mol. The highest BCUT2D eigenvalue weighted by atomic mass is 32.1. The standard InChI is InChI=1S/C20H21FN2O4S/c1-4-27-11-10-23-15-9-8-13(21)12-17(15)28-20(23)22-19(24)14-6-5-7-16(25-2)18(14)26-3/h5-9,12H,4,10-11H2,1-3H3. The van der Waals surface area contributed by atoms with Gasteiger partial charge in [-0.15, -0.1) is 0 Å². The minimum Gasteiger partial charge on any atom is -0.493 e. The summed E-state index contributed by atoms with van der Waals surface area (Å²) in [6, 6.07) is 9.55. The number of methoxy groups -OCH3 is 2. The van der Waals surface area contributed by atoms with E-state index >= 15 is 0 Å². The predicted octanol–water partition coefficient (Wildman–Crippen LogP) is 3.64. The second-order valence-electron chi connectivity index (χ2n) is 5.80. The largest absolute Gasteiger partial charge is 0.493 e. The fraction of sp³-hybridized carbons (Fsp3) is 0.300. The van der Waals surface area contributed by atoms with Crippen LogP contribution in [-0.2, 0) is 11.3 Å². The Balaban J connectivity index is 2.10. The molecule has 1 heterocycles. The summed E-state index contributed by atoms with van der Waals surface area (Å²) >= 11 is 1.25. The maximum absolute atomic E-state index is 13.6. The highest BCUT2D eigenvalue weighted by molar-refractivity contribution is 7.16. The van der Waals surface area contributed by atoms with Gasteiger partial charge in [-0.3, -0.25) is 4.79 Å². The van der Waals surface area contributed by atoms with Crippen molar-refractivity contribution in [2.24, 2.45) is 4.99 Å². The summed E-state index contributed by atoms with van der Waals surface area (Å²) in [5.74, 6) is -0.0241. The molecule has 0 bridgehead atoms. The van der Waals surface area contributed by atoms with Crippen LogP contribution >= 0.6 is 11.3 Å². The Morgan fingerprint density at radius 3 is 2.75 bits per heavy atom. The van der Waals surface area contributed by atoms with Crippen molar-refractivity contribution < 1.29 is 23.4 Å². The molecule has 2 aromatic carbocycles. The van der Waals surface area contributed by atoms with Crippen molar-refractivity contribution in [2.75, 3.05) is 27.4 Å². The van der Waals surface area contributed by atoms with Gasteiger partial charge in [0.15, 0.2) is 16.3 Å². The monoisotopic (exact) mass is 404 g/mol. The predicted molar refractivity (Wildman–Crippen MR) is 106 cm³/mol. The molecule has 0 unspecified atom stereocenters. The molecule has 1 aromatic heterocycles. The zero-order valence-corrected chi connectivity index (χ0v) is 16.7. The van der Waals surface area contributed by atoms with Gasteiger partial charge in [0.2, 0.25) is 0 Å². The van der Waals surface area contributed by atoms with Crippen LogP contribution in [0.1, 0.15) is 17.3 Å². The number of ether oxygens (including phenoxy) is 3. The molecule has 3 rings (SSSR count). The van der Waals surface area contributed by atoms with E-state index in [1.54, 1.807) is 24.3 Å². The molecule has 0 atom stereocenters. The number of carbonyl (C=O) groups is 1. The molecule has 8 heteroatoms. The van der Waals surface area contributed by atoms with Gasteiger partial charge in [-0.05, 0) is 37.3 Å². The summed E-state index contributed by atoms with van der Waals surface area (Å²) in [7, 11) is 2.98. The maximum Gasteiger partial charge on any atom is 0.283 e. The van der Waals surface area contributed by atoms with E-state index in [1.807, 2.05) is 11.5 Å². The molecule has 28 heavy (non-hydrogen) atoms. The summed E-state index contributed by atoms with van der Waals surface area (Å²) in [6.07, 6.45) is 0. The highest BCUT2D eigenvalue weighted by Gasteiger charge is 2.17. The molecule has 0 spiro atoms. The van der Waals surface area contributed by atoms with Crippen LogP contribution in [0.4, 0.5) is 4.39 Å². The fourth-order valence-corrected chi connectivity index (χ4v) is 3.93. The number of rotatable bonds is 7. The second-order valence-corrected chi connectivity index (χ2v) is 6.81. The molecule has 0 radical (unpaired) electrons. The van der Waals surface area contributed by atoms with Crippen molar-refractivity contribution in [2.45, 2.75) is 13.5 Å². The van der Waals surface area contributed by atoms with Gasteiger partial charge in [0.05, 0.1) is 36.6 Å². The lowest BCUT2D eigenvalue weighted by Crippen LogP contribution is -2.20. The van der Waals surface area contributed by atoms with E-state index < -0.39 is 5.91 Å². The lowest BCUT2D eigenvalue weighted by atomic mass is 10.2. The van der Waals surface area contributed by atoms with Gasteiger partial charge in [-0.25, -0.2) is 4.39 Å². The van der Waals surface area contributed by atoms with Crippen LogP contribution in [0.25, 0.3) is 10.2 Å². The number of nitrogens with zero attached hydrogens (tertiary/aromatic N) is 2. The summed E-state index contributed by atoms with van der Waals surface area (Å²) in [5.41, 5.74) is 1.09. The Morgan fingerprint density at radius 2 is 2.04 bits per heavy atom. The first-order chi connectivity index (χ1) is 13.6. The molecule has 0 N–H and O–H groups in total. The Kier molecular flexibility index (Phi) is 6.43. The Hall–Kier alpha value is -2.71. The fourth-order valence-electron chi connectivity index (χ4n) is 2.85. The molecule has 148 valence electrons. The lowest BCUT2D eigenvalue weighted by molar-refractivity contribution is 0.0993. The second kappa shape index (κ2) is 8.99. The van der Waals surface area contributed by atoms with Crippen molar-refractivity contribution in [1.82, 2.24) is 4.57 Å². The zero-order chi connectivity index (χ0) is 20.1. The molecule has 1 amide bonds. The summed E-state index contributed by atoms with van der Waals surface area (Å²) < 4.78 is 32.2. The SMILES string of the molecule is CCOCCn1c(=NC(=O)c2cccc(OC)c2OC)sc2cc(F)ccc21. The van der Waals surface area contributed by atoms with Crippen LogP contribution in [0.5, 0.6) is 11.5 Å². The Labute approximate surface area is 165 Å². The van der Waals surface area contributed by atoms with E-state index in [4.69, 9.17) is 14.2 Å². The van der Waals surface area contributed by atoms with Gasteiger partial charge >= 0.3 is 0 Å². The molecule has 0 aliphatic rings. The van der Waals surface area contributed by atoms with E-state index in [1.165, 1.54) is 37.7 Å². The molecule has 3 aromatic rings. The number of carbonyl (C=O) groups excluding carboxylic acids is 1. The topological polar surface area (TPSA) is 62.1 Å². The smallest absolute Gasteiger partial charge is 0.283 e. The van der Waals surface area contributed by atoms with Gasteiger partial charge in [0, 0.05) is 13.2 Å². The van der Waals surface area contributed by atoms with Gasteiger partial charge < -0.3 is 18.8 Å². The minimum atomic E-state index is -0.465. The molecule has 0 fully saturated rings. The number of aromatic nitrogens is 1. The number of benzene rings is 2. The van der Waals surface area contributed by atoms with Crippen LogP contribution in [0.3, 0.4) is 0 Å². The van der Waals surface area contributed by atoms with Crippen molar-refractivity contribution in [3.63, 3.8) is 0 Å². The normalized spacial score (nSPS) is 11.8. The van der Waals surface area contributed by atoms with Crippen LogP contribution in [-0.4, -0.2) is 37.9 Å². The third-order valence-electron chi connectivity index (χ3n) is 4.14. The molecule has 0 saturated heterocycles. The van der Waals surface area contributed by atoms with Crippen LogP contribution in [0.2, 0.25) is 0 Å². The van der Waals surface area contributed by atoms with Crippen LogP contribution in [0.15, 0.2) is 41.4 Å². The zero-order valence-electron chi connectivity index (χ0n) is 15.9. The average Bonchev–Trinajstić information content (AvgIpc) is 3.03. The molecule has 6 nitrogen and oxygen atoms in total. The first kappa shape index (κ1) is 20.0. The van der Waals surface area contributed by atoms with E-state index in [-0.39, 0.29) is 5.82 Å². The summed E-state index contributed by atoms with van der Waals surface area (Å²) in [5, 5.41) is 0. The number of para-hydroxylation sites is 1. The Morgan fingerprint density at radius 1 is 1.21 bits per heavy atom. The number of halogens is 1. The number of hydrogen-bond donors (Lipinski definition) is 0. The van der Waals surface area contributed by atoms with Crippen molar-refractivity contribution in [3.05, 3.63) is 52.6 Å². The summed E-state index contributed by atoms with van der Waals surface area (Å²) in [4.78, 5) is 17.6. The van der Waals surface area contributed by atoms with Gasteiger partial charge in [-0.2, -0.15) is 4.99 Å². The van der Waals surface area contributed by atoms with Crippen molar-refractivity contribution >= 4 is 27.5 Å². The lowest BCUT2D eigenvalue weighted by Gasteiger charge is -2.10. The average molecular weight is 404 g/mol. The van der Waals surface area contributed by atoms with Crippen molar-refractivity contribution in [3.8, 4) is 11.5 Å². The Bertz CT molecular complexity index is 1060. The van der Waals surface area contributed by atoms with E-state index in [0.29, 0.717) is 46.3 Å². The summed E-state index contributed by atoms with van der Waals surface area (Å²) in [6.45, 7) is 3.46. The quantitative estimate of drug-likeness (QED) is 0.564. The number of amides is 1. The molecular formula is C20H21FN2O4S. The third kappa shape index (κ3) is 4.07. The maximum atomic E-state index is 13.6. The van der Waals surface area contributed by atoms with Gasteiger partial charge in [-0.1, -0.05) is 17.4 Å². The van der Waals surface area contributed by atoms with E-state index in [2.05, 4.69) is 4.99 Å². The highest BCUT2D eigenvalue weighted by Crippen LogP contribution is 2.31. The van der Waals surface area contributed by atoms with Gasteiger partial charge in [0.1, 0.15) is 5.82 Å². The number of thiazole rings is 1. The molecule has 0 saturated carbocycles. The minimum absolute atomic E-state index is 0.293. The van der Waals surface area contributed by atoms with E-state index in [0.717, 1.165) is 5.52 Å².